The second-order valence-electron chi connectivity index (χ2n) is 5.75. The van der Waals surface area contributed by atoms with E-state index < -0.39 is 0 Å². The second-order valence-corrected chi connectivity index (χ2v) is 5.75. The molecular formula is C16H22N4. The molecule has 1 aromatic carbocycles. The summed E-state index contributed by atoms with van der Waals surface area (Å²) in [7, 11) is 4.18. The van der Waals surface area contributed by atoms with Crippen LogP contribution in [-0.2, 0) is 26.2 Å². The van der Waals surface area contributed by atoms with Gasteiger partial charge in [0.05, 0.1) is 12.2 Å². The zero-order valence-corrected chi connectivity index (χ0v) is 12.3. The minimum Gasteiger partial charge on any atom is -0.328 e. The third-order valence-electron chi connectivity index (χ3n) is 3.75. The van der Waals surface area contributed by atoms with Gasteiger partial charge < -0.3 is 9.47 Å². The lowest BCUT2D eigenvalue weighted by Gasteiger charge is -2.29. The maximum atomic E-state index is 4.57. The first-order valence-corrected chi connectivity index (χ1v) is 7.16. The SMILES string of the molecule is CN(C)Cc1ncc2n1CCN(Cc1ccccc1)C2. The molecule has 0 radical (unpaired) electrons. The lowest BCUT2D eigenvalue weighted by molar-refractivity contribution is 0.209. The largest absolute Gasteiger partial charge is 0.328 e. The molecule has 1 aromatic heterocycles. The molecule has 0 saturated heterocycles. The van der Waals surface area contributed by atoms with Gasteiger partial charge in [-0.25, -0.2) is 4.98 Å². The minimum absolute atomic E-state index is 0.915. The molecule has 0 N–H and O–H groups in total. The topological polar surface area (TPSA) is 24.3 Å². The van der Waals surface area contributed by atoms with Gasteiger partial charge in [0, 0.05) is 32.4 Å². The van der Waals surface area contributed by atoms with Gasteiger partial charge >= 0.3 is 0 Å². The highest BCUT2D eigenvalue weighted by atomic mass is 15.2. The van der Waals surface area contributed by atoms with Gasteiger partial charge in [0.2, 0.25) is 0 Å². The van der Waals surface area contributed by atoms with E-state index in [2.05, 4.69) is 63.8 Å². The van der Waals surface area contributed by atoms with Crippen LogP contribution in [0.5, 0.6) is 0 Å². The standard InChI is InChI=1S/C16H22N4/c1-18(2)13-16-17-10-15-12-19(8-9-20(15)16)11-14-6-4-3-5-7-14/h3-7,10H,8-9,11-13H2,1-2H3. The monoisotopic (exact) mass is 270 g/mol. The number of hydrogen-bond acceptors (Lipinski definition) is 3. The summed E-state index contributed by atoms with van der Waals surface area (Å²) < 4.78 is 2.38. The highest BCUT2D eigenvalue weighted by Crippen LogP contribution is 2.17. The van der Waals surface area contributed by atoms with Crippen molar-refractivity contribution in [3.05, 3.63) is 53.6 Å². The fraction of sp³-hybridized carbons (Fsp3) is 0.438. The average Bonchev–Trinajstić information content (AvgIpc) is 2.82. The van der Waals surface area contributed by atoms with Crippen molar-refractivity contribution in [2.24, 2.45) is 0 Å². The summed E-state index contributed by atoms with van der Waals surface area (Å²) >= 11 is 0. The molecule has 1 aliphatic heterocycles. The Morgan fingerprint density at radius 1 is 1.15 bits per heavy atom. The van der Waals surface area contributed by atoms with Gasteiger partial charge in [0.25, 0.3) is 0 Å². The molecule has 0 spiro atoms. The first-order chi connectivity index (χ1) is 9.72. The summed E-state index contributed by atoms with van der Waals surface area (Å²) in [6.45, 7) is 5.08. The Morgan fingerprint density at radius 2 is 1.95 bits per heavy atom. The van der Waals surface area contributed by atoms with E-state index in [1.165, 1.54) is 17.1 Å². The van der Waals surface area contributed by atoms with Gasteiger partial charge in [-0.15, -0.1) is 0 Å². The lowest BCUT2D eigenvalue weighted by Crippen LogP contribution is -2.34. The normalized spacial score (nSPS) is 15.6. The smallest absolute Gasteiger partial charge is 0.123 e. The van der Waals surface area contributed by atoms with Crippen molar-refractivity contribution in [3.63, 3.8) is 0 Å². The van der Waals surface area contributed by atoms with E-state index in [1.54, 1.807) is 0 Å². The van der Waals surface area contributed by atoms with Gasteiger partial charge in [-0.2, -0.15) is 0 Å². The van der Waals surface area contributed by atoms with Crippen molar-refractivity contribution >= 4 is 0 Å². The second kappa shape index (κ2) is 5.77. The van der Waals surface area contributed by atoms with Crippen LogP contribution in [0.3, 0.4) is 0 Å². The molecule has 106 valence electrons. The van der Waals surface area contributed by atoms with Crippen LogP contribution in [0.15, 0.2) is 36.5 Å². The molecule has 2 aromatic rings. The van der Waals surface area contributed by atoms with Crippen LogP contribution < -0.4 is 0 Å². The molecule has 20 heavy (non-hydrogen) atoms. The van der Waals surface area contributed by atoms with Crippen LogP contribution in [0, 0.1) is 0 Å². The van der Waals surface area contributed by atoms with E-state index in [-0.39, 0.29) is 0 Å². The maximum Gasteiger partial charge on any atom is 0.123 e. The van der Waals surface area contributed by atoms with Gasteiger partial charge in [0.15, 0.2) is 0 Å². The Balaban J connectivity index is 1.68. The molecule has 4 nitrogen and oxygen atoms in total. The van der Waals surface area contributed by atoms with Crippen molar-refractivity contribution in [1.82, 2.24) is 19.4 Å². The van der Waals surface area contributed by atoms with Crippen LogP contribution in [0.4, 0.5) is 0 Å². The molecular weight excluding hydrogens is 248 g/mol. The zero-order chi connectivity index (χ0) is 13.9. The first-order valence-electron chi connectivity index (χ1n) is 7.16. The number of rotatable bonds is 4. The highest BCUT2D eigenvalue weighted by Gasteiger charge is 2.19. The lowest BCUT2D eigenvalue weighted by atomic mass is 10.2. The van der Waals surface area contributed by atoms with Crippen LogP contribution in [0.1, 0.15) is 17.1 Å². The van der Waals surface area contributed by atoms with E-state index in [4.69, 9.17) is 0 Å². The molecule has 0 atom stereocenters. The Bertz CT molecular complexity index is 559. The number of nitrogens with zero attached hydrogens (tertiary/aromatic N) is 4. The molecule has 0 fully saturated rings. The first kappa shape index (κ1) is 13.3. The quantitative estimate of drug-likeness (QED) is 0.849. The molecule has 1 aliphatic rings. The highest BCUT2D eigenvalue weighted by molar-refractivity contribution is 5.15. The average molecular weight is 270 g/mol. The Morgan fingerprint density at radius 3 is 2.70 bits per heavy atom. The summed E-state index contributed by atoms with van der Waals surface area (Å²) in [4.78, 5) is 9.24. The third-order valence-corrected chi connectivity index (χ3v) is 3.75. The number of imidazole rings is 1. The van der Waals surface area contributed by atoms with Crippen LogP contribution >= 0.6 is 0 Å². The molecule has 0 aliphatic carbocycles. The molecule has 0 amide bonds. The van der Waals surface area contributed by atoms with E-state index in [0.29, 0.717) is 0 Å². The molecule has 3 rings (SSSR count). The van der Waals surface area contributed by atoms with Crippen molar-refractivity contribution in [1.29, 1.82) is 0 Å². The molecule has 0 bridgehead atoms. The number of aromatic nitrogens is 2. The fourth-order valence-electron chi connectivity index (χ4n) is 2.79. The van der Waals surface area contributed by atoms with Crippen LogP contribution in [-0.4, -0.2) is 40.0 Å². The Kier molecular flexibility index (Phi) is 3.85. The zero-order valence-electron chi connectivity index (χ0n) is 12.3. The molecule has 2 heterocycles. The Labute approximate surface area is 120 Å². The van der Waals surface area contributed by atoms with Crippen molar-refractivity contribution in [2.45, 2.75) is 26.2 Å². The summed E-state index contributed by atoms with van der Waals surface area (Å²) in [5, 5.41) is 0. The van der Waals surface area contributed by atoms with E-state index in [9.17, 15) is 0 Å². The van der Waals surface area contributed by atoms with Gasteiger partial charge in [-0.05, 0) is 19.7 Å². The van der Waals surface area contributed by atoms with Gasteiger partial charge in [-0.3, -0.25) is 4.90 Å². The van der Waals surface area contributed by atoms with Crippen LogP contribution in [0.25, 0.3) is 0 Å². The van der Waals surface area contributed by atoms with Gasteiger partial charge in [-0.1, -0.05) is 30.3 Å². The predicted molar refractivity (Wildman–Crippen MR) is 80.2 cm³/mol. The summed E-state index contributed by atoms with van der Waals surface area (Å²) in [6, 6.07) is 10.7. The predicted octanol–water partition coefficient (Wildman–Crippen LogP) is 1.96. The molecule has 4 heteroatoms. The number of fused-ring (bicyclic) bond motifs is 1. The number of benzene rings is 1. The van der Waals surface area contributed by atoms with E-state index in [1.807, 2.05) is 6.20 Å². The number of hydrogen-bond donors (Lipinski definition) is 0. The maximum absolute atomic E-state index is 4.57. The summed E-state index contributed by atoms with van der Waals surface area (Å²) in [6.07, 6.45) is 2.04. The van der Waals surface area contributed by atoms with Crippen molar-refractivity contribution < 1.29 is 0 Å². The van der Waals surface area contributed by atoms with Crippen molar-refractivity contribution in [3.8, 4) is 0 Å². The molecule has 0 saturated carbocycles. The van der Waals surface area contributed by atoms with E-state index >= 15 is 0 Å². The Hall–Kier alpha value is -1.65. The minimum atomic E-state index is 0.915. The summed E-state index contributed by atoms with van der Waals surface area (Å²) in [5.74, 6) is 1.18. The summed E-state index contributed by atoms with van der Waals surface area (Å²) in [5.41, 5.74) is 2.72. The van der Waals surface area contributed by atoms with Crippen molar-refractivity contribution in [2.75, 3.05) is 20.6 Å². The van der Waals surface area contributed by atoms with Gasteiger partial charge in [0.1, 0.15) is 5.82 Å². The van der Waals surface area contributed by atoms with Crippen LogP contribution in [0.2, 0.25) is 0 Å². The molecule has 0 unspecified atom stereocenters. The van der Waals surface area contributed by atoms with E-state index in [0.717, 1.165) is 32.7 Å². The fourth-order valence-corrected chi connectivity index (χ4v) is 2.79. The third kappa shape index (κ3) is 2.92.